The summed E-state index contributed by atoms with van der Waals surface area (Å²) in [5, 5.41) is 0. The number of aryl methyl sites for hydroxylation is 1. The van der Waals surface area contributed by atoms with Crippen molar-refractivity contribution in [2.45, 2.75) is 78.7 Å². The van der Waals surface area contributed by atoms with Crippen LogP contribution in [0.5, 0.6) is 0 Å². The lowest BCUT2D eigenvalue weighted by molar-refractivity contribution is 0.00292. The van der Waals surface area contributed by atoms with Gasteiger partial charge in [-0.2, -0.15) is 0 Å². The first-order valence-electron chi connectivity index (χ1n) is 8.50. The van der Waals surface area contributed by atoms with Gasteiger partial charge in [0.25, 0.3) is 0 Å². The van der Waals surface area contributed by atoms with Gasteiger partial charge in [-0.1, -0.05) is 12.1 Å². The highest BCUT2D eigenvalue weighted by molar-refractivity contribution is 6.60. The Morgan fingerprint density at radius 3 is 1.65 bits per heavy atom. The molecule has 0 saturated heterocycles. The number of hydrogen-bond acceptors (Lipinski definition) is 3. The second-order valence-corrected chi connectivity index (χ2v) is 9.24. The third-order valence-electron chi connectivity index (χ3n) is 3.11. The Kier molecular flexibility index (Phi) is 8.40. The molecule has 0 aromatic heterocycles. The van der Waals surface area contributed by atoms with Crippen LogP contribution in [0.1, 0.15) is 53.5 Å². The van der Waals surface area contributed by atoms with Crippen LogP contribution in [-0.4, -0.2) is 27.1 Å². The van der Waals surface area contributed by atoms with E-state index in [0.717, 1.165) is 24.4 Å². The van der Waals surface area contributed by atoms with Gasteiger partial charge in [-0.05, 0) is 72.1 Å². The lowest BCUT2D eigenvalue weighted by Crippen LogP contribution is -2.50. The molecule has 0 fully saturated rings. The molecule has 0 aliphatic heterocycles. The van der Waals surface area contributed by atoms with Crippen LogP contribution in [0, 0.1) is 5.82 Å². The summed E-state index contributed by atoms with van der Waals surface area (Å²) in [7, 11) is -2.72. The molecule has 0 amide bonds. The Balaban J connectivity index is 2.74. The second kappa shape index (κ2) is 9.52. The van der Waals surface area contributed by atoms with E-state index in [4.69, 9.17) is 13.3 Å². The van der Waals surface area contributed by atoms with Gasteiger partial charge in [-0.25, -0.2) is 4.39 Å². The zero-order valence-corrected chi connectivity index (χ0v) is 16.3. The van der Waals surface area contributed by atoms with E-state index in [0.29, 0.717) is 0 Å². The molecule has 0 radical (unpaired) electrons. The first kappa shape index (κ1) is 20.3. The van der Waals surface area contributed by atoms with Crippen molar-refractivity contribution in [3.63, 3.8) is 0 Å². The van der Waals surface area contributed by atoms with Gasteiger partial charge in [0.15, 0.2) is 0 Å². The summed E-state index contributed by atoms with van der Waals surface area (Å²) in [5.41, 5.74) is 1.12. The van der Waals surface area contributed by atoms with Crippen LogP contribution in [0.3, 0.4) is 0 Å². The number of halogens is 1. The smallest absolute Gasteiger partial charge is 0.371 e. The molecule has 0 bridgehead atoms. The predicted octanol–water partition coefficient (Wildman–Crippen LogP) is 4.97. The van der Waals surface area contributed by atoms with Crippen LogP contribution in [0.4, 0.5) is 4.39 Å². The molecule has 1 aromatic carbocycles. The molecule has 0 heterocycles. The first-order chi connectivity index (χ1) is 10.7. The highest BCUT2D eigenvalue weighted by atomic mass is 28.4. The highest BCUT2D eigenvalue weighted by Gasteiger charge is 2.43. The fourth-order valence-electron chi connectivity index (χ4n) is 2.50. The molecule has 0 N–H and O–H groups in total. The van der Waals surface area contributed by atoms with Gasteiger partial charge in [0.1, 0.15) is 5.82 Å². The van der Waals surface area contributed by atoms with Gasteiger partial charge in [-0.15, -0.1) is 0 Å². The number of benzene rings is 1. The summed E-state index contributed by atoms with van der Waals surface area (Å²) in [6.45, 7) is 12.1. The lowest BCUT2D eigenvalue weighted by atomic mass is 10.1. The first-order valence-corrected chi connectivity index (χ1v) is 10.4. The van der Waals surface area contributed by atoms with E-state index in [9.17, 15) is 4.39 Å². The normalized spacial score (nSPS) is 12.6. The second-order valence-electron chi connectivity index (χ2n) is 6.66. The van der Waals surface area contributed by atoms with Crippen molar-refractivity contribution in [1.29, 1.82) is 0 Å². The highest BCUT2D eigenvalue weighted by Crippen LogP contribution is 2.24. The van der Waals surface area contributed by atoms with E-state index in [1.165, 1.54) is 12.1 Å². The topological polar surface area (TPSA) is 27.7 Å². The van der Waals surface area contributed by atoms with E-state index in [2.05, 4.69) is 0 Å². The Hall–Kier alpha value is -0.753. The van der Waals surface area contributed by atoms with Crippen LogP contribution in [-0.2, 0) is 19.7 Å². The number of rotatable bonds is 10. The van der Waals surface area contributed by atoms with Crippen LogP contribution in [0.25, 0.3) is 0 Å². The fraction of sp³-hybridized carbons (Fsp3) is 0.667. The summed E-state index contributed by atoms with van der Waals surface area (Å²) in [5.74, 6) is -0.202. The van der Waals surface area contributed by atoms with Gasteiger partial charge in [0.05, 0.1) is 0 Å². The molecule has 0 unspecified atom stereocenters. The third kappa shape index (κ3) is 8.06. The molecular formula is C18H31FO3Si. The van der Waals surface area contributed by atoms with Gasteiger partial charge in [0, 0.05) is 24.4 Å². The summed E-state index contributed by atoms with van der Waals surface area (Å²) < 4.78 is 31.4. The van der Waals surface area contributed by atoms with Gasteiger partial charge < -0.3 is 13.3 Å². The van der Waals surface area contributed by atoms with Crippen molar-refractivity contribution in [2.24, 2.45) is 0 Å². The standard InChI is InChI=1S/C18H31FO3Si/c1-14(2)20-23(21-15(3)4,22-16(5)6)13-7-8-17-9-11-18(19)12-10-17/h9-12,14-16H,7-8,13H2,1-6H3. The van der Waals surface area contributed by atoms with Gasteiger partial charge >= 0.3 is 8.80 Å². The summed E-state index contributed by atoms with van der Waals surface area (Å²) >= 11 is 0. The van der Waals surface area contributed by atoms with E-state index >= 15 is 0 Å². The van der Waals surface area contributed by atoms with E-state index in [-0.39, 0.29) is 24.1 Å². The number of hydrogen-bond donors (Lipinski definition) is 0. The molecule has 1 rings (SSSR count). The van der Waals surface area contributed by atoms with Crippen LogP contribution >= 0.6 is 0 Å². The Bertz CT molecular complexity index is 420. The van der Waals surface area contributed by atoms with E-state index in [1.54, 1.807) is 0 Å². The maximum atomic E-state index is 13.0. The maximum Gasteiger partial charge on any atom is 0.501 e. The summed E-state index contributed by atoms with van der Waals surface area (Å²) in [4.78, 5) is 0. The molecule has 0 aliphatic carbocycles. The van der Waals surface area contributed by atoms with Gasteiger partial charge in [0.2, 0.25) is 0 Å². The van der Waals surface area contributed by atoms with Crippen molar-refractivity contribution < 1.29 is 17.7 Å². The van der Waals surface area contributed by atoms with Crippen molar-refractivity contribution in [2.75, 3.05) is 0 Å². The molecule has 1 aromatic rings. The van der Waals surface area contributed by atoms with Crippen molar-refractivity contribution >= 4 is 8.80 Å². The monoisotopic (exact) mass is 342 g/mol. The molecule has 0 saturated carbocycles. The minimum atomic E-state index is -2.72. The Labute approximate surface area is 141 Å². The Morgan fingerprint density at radius 2 is 1.26 bits per heavy atom. The summed E-state index contributed by atoms with van der Waals surface area (Å²) in [6, 6.07) is 7.42. The predicted molar refractivity (Wildman–Crippen MR) is 93.9 cm³/mol. The fourth-order valence-corrected chi connectivity index (χ4v) is 5.78. The van der Waals surface area contributed by atoms with Crippen molar-refractivity contribution in [3.05, 3.63) is 35.6 Å². The lowest BCUT2D eigenvalue weighted by Gasteiger charge is -2.34. The third-order valence-corrected chi connectivity index (χ3v) is 6.56. The van der Waals surface area contributed by atoms with Crippen LogP contribution in [0.2, 0.25) is 6.04 Å². The molecular weight excluding hydrogens is 311 g/mol. The van der Waals surface area contributed by atoms with E-state index in [1.807, 2.05) is 53.7 Å². The zero-order chi connectivity index (χ0) is 17.5. The minimum Gasteiger partial charge on any atom is -0.371 e. The van der Waals surface area contributed by atoms with E-state index < -0.39 is 8.80 Å². The average molecular weight is 343 g/mol. The molecule has 0 atom stereocenters. The molecule has 3 nitrogen and oxygen atoms in total. The minimum absolute atomic E-state index is 0.0602. The molecule has 5 heteroatoms. The van der Waals surface area contributed by atoms with Crippen LogP contribution < -0.4 is 0 Å². The van der Waals surface area contributed by atoms with Crippen molar-refractivity contribution in [3.8, 4) is 0 Å². The van der Waals surface area contributed by atoms with Crippen LogP contribution in [0.15, 0.2) is 24.3 Å². The van der Waals surface area contributed by atoms with Crippen molar-refractivity contribution in [1.82, 2.24) is 0 Å². The largest absolute Gasteiger partial charge is 0.501 e. The molecule has 0 aliphatic rings. The summed E-state index contributed by atoms with van der Waals surface area (Å²) in [6.07, 6.45) is 1.93. The molecule has 0 spiro atoms. The quantitative estimate of drug-likeness (QED) is 0.562. The molecule has 132 valence electrons. The Morgan fingerprint density at radius 1 is 0.826 bits per heavy atom. The zero-order valence-electron chi connectivity index (χ0n) is 15.3. The SMILES string of the molecule is CC(C)O[Si](CCCc1ccc(F)cc1)(OC(C)C)OC(C)C. The molecule has 23 heavy (non-hydrogen) atoms. The maximum absolute atomic E-state index is 13.0. The average Bonchev–Trinajstić information content (AvgIpc) is 2.38. The van der Waals surface area contributed by atoms with Gasteiger partial charge in [-0.3, -0.25) is 0 Å².